The number of hydrogen-bond acceptors (Lipinski definition) is 15. The van der Waals surface area contributed by atoms with Crippen LogP contribution in [0, 0.1) is 0 Å². The molecule has 0 bridgehead atoms. The average molecular weight is 654 g/mol. The van der Waals surface area contributed by atoms with Crippen LogP contribution in [0.5, 0.6) is 0 Å². The van der Waals surface area contributed by atoms with Crippen molar-refractivity contribution in [2.24, 2.45) is 5.16 Å². The Bertz CT molecular complexity index is 1710. The number of nitrogens with zero attached hydrogens (tertiary/aromatic N) is 9. The van der Waals surface area contributed by atoms with Crippen LogP contribution in [0.2, 0.25) is 0 Å². The van der Waals surface area contributed by atoms with Crippen LogP contribution in [0.4, 0.5) is 5.13 Å². The summed E-state index contributed by atoms with van der Waals surface area (Å²) in [7, 11) is -5.24. The minimum Gasteiger partial charge on any atom is -0.731 e. The first-order valence-corrected chi connectivity index (χ1v) is 15.9. The maximum atomic E-state index is 13.2. The number of fused-ring (bicyclic) bond motifs is 1. The van der Waals surface area contributed by atoms with Gasteiger partial charge < -0.3 is 25.5 Å². The van der Waals surface area contributed by atoms with E-state index in [9.17, 15) is 32.5 Å². The number of anilines is 1. The summed E-state index contributed by atoms with van der Waals surface area (Å²) >= 11 is 2.62. The molecule has 6 rings (SSSR count). The minimum absolute atomic E-state index is 0.0571. The van der Waals surface area contributed by atoms with Crippen molar-refractivity contribution < 1.29 is 42.0 Å². The van der Waals surface area contributed by atoms with Gasteiger partial charge in [0, 0.05) is 24.0 Å². The molecule has 0 unspecified atom stereocenters. The lowest BCUT2D eigenvalue weighted by molar-refractivity contribution is -0.758. The predicted molar refractivity (Wildman–Crippen MR) is 144 cm³/mol. The molecule has 1 aliphatic carbocycles. The number of β-lactam (4-membered cyclic amide) rings is 1. The van der Waals surface area contributed by atoms with Crippen molar-refractivity contribution in [2.45, 2.75) is 61.2 Å². The van der Waals surface area contributed by atoms with Gasteiger partial charge >= 0.3 is 12.3 Å². The van der Waals surface area contributed by atoms with E-state index in [0.717, 1.165) is 29.2 Å². The molecule has 22 heteroatoms. The number of carboxylic acid groups (broad SMARTS) is 1. The zero-order valence-electron chi connectivity index (χ0n) is 21.9. The molecule has 3 aliphatic rings. The van der Waals surface area contributed by atoms with Gasteiger partial charge in [-0.2, -0.15) is 24.4 Å². The lowest BCUT2D eigenvalue weighted by Crippen LogP contribution is -2.73. The summed E-state index contributed by atoms with van der Waals surface area (Å²) in [4.78, 5) is 51.8. The average Bonchev–Trinajstić information content (AvgIpc) is 3.31. The highest BCUT2D eigenvalue weighted by atomic mass is 32.2. The molecule has 43 heavy (non-hydrogen) atoms. The molecule has 228 valence electrons. The molecule has 1 saturated heterocycles. The third kappa shape index (κ3) is 5.77. The van der Waals surface area contributed by atoms with Crippen LogP contribution in [-0.4, -0.2) is 98.5 Å². The van der Waals surface area contributed by atoms with Crippen molar-refractivity contribution in [3.63, 3.8) is 0 Å². The van der Waals surface area contributed by atoms with Gasteiger partial charge in [0.1, 0.15) is 18.3 Å². The highest BCUT2D eigenvalue weighted by Gasteiger charge is 2.55. The molecule has 2 aliphatic heterocycles. The first-order valence-electron chi connectivity index (χ1n) is 12.6. The van der Waals surface area contributed by atoms with Crippen LogP contribution in [0.25, 0.3) is 0 Å². The fraction of sp³-hybridized carbons (Fsp3) is 0.476. The van der Waals surface area contributed by atoms with Crippen molar-refractivity contribution >= 4 is 62.0 Å². The number of carboxylic acids is 1. The van der Waals surface area contributed by atoms with E-state index in [4.69, 9.17) is 10.6 Å². The molecule has 3 aromatic heterocycles. The number of nitrogens with two attached hydrogens (primary N) is 1. The second-order valence-corrected chi connectivity index (χ2v) is 13.4. The van der Waals surface area contributed by atoms with Gasteiger partial charge in [0.15, 0.2) is 21.1 Å². The van der Waals surface area contributed by atoms with Crippen molar-refractivity contribution in [3.05, 3.63) is 35.6 Å². The number of hydrogen-bond donors (Lipinski definition) is 3. The summed E-state index contributed by atoms with van der Waals surface area (Å²) in [5.74, 6) is -2.96. The Balaban J connectivity index is 1.15. The second kappa shape index (κ2) is 10.8. The van der Waals surface area contributed by atoms with E-state index in [2.05, 4.69) is 30.6 Å². The standard InChI is InChI=1S/C21H23N11O8S3/c22-20-25-13(8-42-20)15(28-40-21(1-2-21)19(35)36)17(33)26-16-14(32(18(16)34)43(37,38)39)6-31-24-3-11(27-31)7-41-12-4-29-9-23-10-30(29)5-12/h3,8-10,12,14,16H,1-2,4-7H2,(H4-,22,25,26,33,35,36,37,38,39)/b28-15+/t14-,16+/m1/s1. The topological polar surface area (TPSA) is 257 Å². The van der Waals surface area contributed by atoms with Crippen LogP contribution >= 0.6 is 23.1 Å². The summed E-state index contributed by atoms with van der Waals surface area (Å²) in [5.41, 5.74) is 4.13. The number of carbonyl (C=O) groups excluding carboxylic acids is 2. The van der Waals surface area contributed by atoms with E-state index in [0.29, 0.717) is 11.4 Å². The number of nitrogens with one attached hydrogen (secondary N) is 1. The number of amides is 2. The number of carbonyl (C=O) groups is 3. The first kappa shape index (κ1) is 28.9. The highest BCUT2D eigenvalue weighted by Crippen LogP contribution is 2.40. The Morgan fingerprint density at radius 1 is 1.40 bits per heavy atom. The molecule has 5 heterocycles. The van der Waals surface area contributed by atoms with Gasteiger partial charge in [0.05, 0.1) is 36.3 Å². The molecule has 3 aromatic rings. The zero-order valence-corrected chi connectivity index (χ0v) is 24.4. The van der Waals surface area contributed by atoms with E-state index < -0.39 is 51.5 Å². The quantitative estimate of drug-likeness (QED) is 0.0591. The number of aromatic nitrogens is 7. The van der Waals surface area contributed by atoms with E-state index in [-0.39, 0.29) is 39.8 Å². The fourth-order valence-corrected chi connectivity index (χ4v) is 7.05. The fourth-order valence-electron chi connectivity index (χ4n) is 4.59. The molecular weight excluding hydrogens is 631 g/mol. The molecule has 0 aromatic carbocycles. The molecule has 0 spiro atoms. The molecule has 0 radical (unpaired) electrons. The third-order valence-electron chi connectivity index (χ3n) is 6.99. The van der Waals surface area contributed by atoms with Gasteiger partial charge in [0.25, 0.3) is 11.8 Å². The monoisotopic (exact) mass is 653 g/mol. The van der Waals surface area contributed by atoms with E-state index >= 15 is 0 Å². The van der Waals surface area contributed by atoms with Crippen LogP contribution < -0.4 is 15.7 Å². The number of rotatable bonds is 12. The normalized spacial score (nSPS) is 22.6. The van der Waals surface area contributed by atoms with Crippen molar-refractivity contribution in [3.8, 4) is 0 Å². The van der Waals surface area contributed by atoms with Crippen LogP contribution in [-0.2, 0) is 54.9 Å². The number of aliphatic carboxylic acids is 1. The molecule has 1 saturated carbocycles. The van der Waals surface area contributed by atoms with Gasteiger partial charge in [-0.3, -0.25) is 9.59 Å². The SMILES string of the molecule is Nc1nc(/C(=N\OC2(C(=O)O)CC2)C(=O)N[C@@H]2C(=O)N(S(=O)(=O)[O-])[C@@H]2Cn2ncc(CSC3Cn4cnc[n+]4C3)n2)cs1. The summed E-state index contributed by atoms with van der Waals surface area (Å²) in [6.45, 7) is 1.23. The van der Waals surface area contributed by atoms with Crippen molar-refractivity contribution in [1.29, 1.82) is 0 Å². The molecule has 2 atom stereocenters. The zero-order chi connectivity index (χ0) is 30.5. The van der Waals surface area contributed by atoms with Crippen LogP contribution in [0.15, 0.2) is 29.4 Å². The van der Waals surface area contributed by atoms with Gasteiger partial charge in [-0.25, -0.2) is 22.5 Å². The Hall–Kier alpha value is -4.15. The number of thioether (sulfide) groups is 1. The highest BCUT2D eigenvalue weighted by molar-refractivity contribution is 7.99. The number of nitrogen functional groups attached to an aromatic ring is 1. The third-order valence-corrected chi connectivity index (χ3v) is 9.83. The predicted octanol–water partition coefficient (Wildman–Crippen LogP) is -2.69. The Labute approximate surface area is 250 Å². The Morgan fingerprint density at radius 2 is 2.19 bits per heavy atom. The smallest absolute Gasteiger partial charge is 0.350 e. The van der Waals surface area contributed by atoms with E-state index in [1.165, 1.54) is 11.6 Å². The van der Waals surface area contributed by atoms with Gasteiger partial charge in [0.2, 0.25) is 11.9 Å². The Morgan fingerprint density at radius 3 is 2.84 bits per heavy atom. The maximum Gasteiger partial charge on any atom is 0.350 e. The number of oxime groups is 1. The van der Waals surface area contributed by atoms with Gasteiger partial charge in [-0.05, 0) is 4.98 Å². The molecule has 19 nitrogen and oxygen atoms in total. The first-order chi connectivity index (χ1) is 20.4. The lowest BCUT2D eigenvalue weighted by Gasteiger charge is -2.46. The van der Waals surface area contributed by atoms with Crippen LogP contribution in [0.1, 0.15) is 24.2 Å². The summed E-state index contributed by atoms with van der Waals surface area (Å²) in [5, 5.41) is 25.7. The number of thiazole rings is 1. The lowest BCUT2D eigenvalue weighted by atomic mass is 9.98. The minimum atomic E-state index is -5.24. The van der Waals surface area contributed by atoms with E-state index in [1.54, 1.807) is 24.4 Å². The summed E-state index contributed by atoms with van der Waals surface area (Å²) in [6.07, 6.45) is 5.32. The van der Waals surface area contributed by atoms with Gasteiger partial charge in [-0.15, -0.1) is 23.1 Å². The molecule has 4 N–H and O–H groups in total. The molecular formula is C21H23N11O8S3. The largest absolute Gasteiger partial charge is 0.731 e. The second-order valence-electron chi connectivity index (χ2n) is 9.96. The van der Waals surface area contributed by atoms with Crippen molar-refractivity contribution in [1.82, 2.24) is 39.3 Å². The summed E-state index contributed by atoms with van der Waals surface area (Å²) < 4.78 is 39.7. The van der Waals surface area contributed by atoms with E-state index in [1.807, 2.05) is 9.36 Å². The summed E-state index contributed by atoms with van der Waals surface area (Å²) in [6, 6.07) is -2.83. The van der Waals surface area contributed by atoms with Crippen molar-refractivity contribution in [2.75, 3.05) is 5.73 Å². The Kier molecular flexibility index (Phi) is 7.30. The van der Waals surface area contributed by atoms with Gasteiger partial charge in [-0.1, -0.05) is 5.16 Å². The van der Waals surface area contributed by atoms with Crippen LogP contribution in [0.3, 0.4) is 0 Å². The molecule has 2 fully saturated rings. The molecule has 2 amide bonds. The maximum absolute atomic E-state index is 13.2.